The van der Waals surface area contributed by atoms with Gasteiger partial charge in [0.1, 0.15) is 6.10 Å². The predicted molar refractivity (Wildman–Crippen MR) is 89.8 cm³/mol. The van der Waals surface area contributed by atoms with E-state index in [2.05, 4.69) is 15.2 Å². The molecule has 0 unspecified atom stereocenters. The molecule has 0 fully saturated rings. The van der Waals surface area contributed by atoms with E-state index in [-0.39, 0.29) is 18.1 Å². The van der Waals surface area contributed by atoms with Crippen LogP contribution in [-0.2, 0) is 11.3 Å². The highest BCUT2D eigenvalue weighted by Gasteiger charge is 2.18. The van der Waals surface area contributed by atoms with Crippen LogP contribution in [0.3, 0.4) is 0 Å². The second kappa shape index (κ2) is 6.43. The lowest BCUT2D eigenvalue weighted by atomic mass is 10.1. The Morgan fingerprint density at radius 1 is 1.29 bits per heavy atom. The Balaban J connectivity index is 1.80. The highest BCUT2D eigenvalue weighted by atomic mass is 16.5. The Bertz CT molecular complexity index is 851. The van der Waals surface area contributed by atoms with Crippen molar-refractivity contribution in [1.29, 1.82) is 0 Å². The highest BCUT2D eigenvalue weighted by Crippen LogP contribution is 2.20. The molecule has 3 aromatic rings. The van der Waals surface area contributed by atoms with Crippen molar-refractivity contribution in [3.8, 4) is 0 Å². The smallest absolute Gasteiger partial charge is 0.340 e. The summed E-state index contributed by atoms with van der Waals surface area (Å²) in [5, 5.41) is 9.29. The molecule has 0 saturated heterocycles. The van der Waals surface area contributed by atoms with Gasteiger partial charge in [0.15, 0.2) is 5.65 Å². The molecule has 3 aromatic heterocycles. The lowest BCUT2D eigenvalue weighted by Crippen LogP contribution is -2.21. The monoisotopic (exact) mass is 327 g/mol. The average Bonchev–Trinajstić information content (AvgIpc) is 3.14. The Morgan fingerprint density at radius 3 is 2.75 bits per heavy atom. The van der Waals surface area contributed by atoms with Crippen LogP contribution in [0.15, 0.2) is 30.7 Å². The Morgan fingerprint density at radius 2 is 2.08 bits per heavy atom. The van der Waals surface area contributed by atoms with Crippen LogP contribution in [0.4, 0.5) is 0 Å². The van der Waals surface area contributed by atoms with E-state index < -0.39 is 0 Å². The van der Waals surface area contributed by atoms with E-state index in [1.54, 1.807) is 23.1 Å². The van der Waals surface area contributed by atoms with Crippen molar-refractivity contribution in [2.45, 2.75) is 46.4 Å². The van der Waals surface area contributed by atoms with Crippen LogP contribution in [0.2, 0.25) is 0 Å². The minimum absolute atomic E-state index is 0.210. The molecule has 0 spiro atoms. The molecule has 0 saturated carbocycles. The molecule has 0 N–H and O–H groups in total. The summed E-state index contributed by atoms with van der Waals surface area (Å²) in [6.45, 7) is 8.26. The molecular formula is C17H21N5O2. The number of pyridine rings is 1. The summed E-state index contributed by atoms with van der Waals surface area (Å²) in [6.07, 6.45) is 4.98. The number of hydrogen-bond acceptors (Lipinski definition) is 5. The molecule has 24 heavy (non-hydrogen) atoms. The van der Waals surface area contributed by atoms with Crippen LogP contribution in [0.5, 0.6) is 0 Å². The number of carbonyl (C=O) groups excluding carboxylic acids is 1. The Kier molecular flexibility index (Phi) is 4.33. The van der Waals surface area contributed by atoms with Crippen molar-refractivity contribution in [1.82, 2.24) is 24.5 Å². The SMILES string of the molecule is Cc1nc2c(cnn2C(C)C)cc1C(=O)O[C@@H](C)Cn1cccn1. The van der Waals surface area contributed by atoms with Gasteiger partial charge in [0.2, 0.25) is 0 Å². The molecule has 7 nitrogen and oxygen atoms in total. The molecule has 0 bridgehead atoms. The van der Waals surface area contributed by atoms with Crippen LogP contribution in [0.1, 0.15) is 42.9 Å². The van der Waals surface area contributed by atoms with E-state index in [1.807, 2.05) is 44.6 Å². The first-order chi connectivity index (χ1) is 11.5. The van der Waals surface area contributed by atoms with Crippen LogP contribution >= 0.6 is 0 Å². The lowest BCUT2D eigenvalue weighted by molar-refractivity contribution is 0.0297. The minimum atomic E-state index is -0.376. The summed E-state index contributed by atoms with van der Waals surface area (Å²) in [6, 6.07) is 3.84. The van der Waals surface area contributed by atoms with Gasteiger partial charge in [-0.2, -0.15) is 10.2 Å². The van der Waals surface area contributed by atoms with Crippen molar-refractivity contribution in [3.63, 3.8) is 0 Å². The number of carbonyl (C=O) groups is 1. The zero-order valence-corrected chi connectivity index (χ0v) is 14.3. The van der Waals surface area contributed by atoms with Crippen LogP contribution in [-0.4, -0.2) is 36.6 Å². The molecule has 0 aliphatic carbocycles. The van der Waals surface area contributed by atoms with Gasteiger partial charge in [-0.25, -0.2) is 14.5 Å². The molecule has 1 atom stereocenters. The zero-order chi connectivity index (χ0) is 17.3. The summed E-state index contributed by atoms with van der Waals surface area (Å²) in [7, 11) is 0. The number of ether oxygens (including phenoxy) is 1. The van der Waals surface area contributed by atoms with Gasteiger partial charge in [-0.3, -0.25) is 4.68 Å². The summed E-state index contributed by atoms with van der Waals surface area (Å²) in [5.74, 6) is -0.376. The third-order valence-corrected chi connectivity index (χ3v) is 3.78. The second-order valence-corrected chi connectivity index (χ2v) is 6.16. The van der Waals surface area contributed by atoms with E-state index in [4.69, 9.17) is 4.74 Å². The molecule has 0 aliphatic rings. The number of aromatic nitrogens is 5. The first-order valence-electron chi connectivity index (χ1n) is 7.99. The molecule has 0 aromatic carbocycles. The first-order valence-corrected chi connectivity index (χ1v) is 7.99. The number of fused-ring (bicyclic) bond motifs is 1. The molecule has 0 radical (unpaired) electrons. The first kappa shape index (κ1) is 16.2. The normalized spacial score (nSPS) is 12.7. The fourth-order valence-corrected chi connectivity index (χ4v) is 2.61. The van der Waals surface area contributed by atoms with Gasteiger partial charge >= 0.3 is 5.97 Å². The lowest BCUT2D eigenvalue weighted by Gasteiger charge is -2.14. The van der Waals surface area contributed by atoms with E-state index in [0.29, 0.717) is 17.8 Å². The van der Waals surface area contributed by atoms with Crippen molar-refractivity contribution < 1.29 is 9.53 Å². The molecule has 3 rings (SSSR count). The Labute approximate surface area is 140 Å². The quantitative estimate of drug-likeness (QED) is 0.674. The van der Waals surface area contributed by atoms with E-state index in [0.717, 1.165) is 11.0 Å². The molecule has 126 valence electrons. The van der Waals surface area contributed by atoms with Gasteiger partial charge in [-0.05, 0) is 39.8 Å². The maximum absolute atomic E-state index is 12.5. The van der Waals surface area contributed by atoms with E-state index in [1.165, 1.54) is 0 Å². The maximum Gasteiger partial charge on any atom is 0.340 e. The Hall–Kier alpha value is -2.70. The molecule has 3 heterocycles. The largest absolute Gasteiger partial charge is 0.457 e. The number of nitrogens with zero attached hydrogens (tertiary/aromatic N) is 5. The van der Waals surface area contributed by atoms with Crippen LogP contribution < -0.4 is 0 Å². The van der Waals surface area contributed by atoms with Gasteiger partial charge < -0.3 is 4.74 Å². The van der Waals surface area contributed by atoms with Gasteiger partial charge in [0.05, 0.1) is 24.0 Å². The van der Waals surface area contributed by atoms with Gasteiger partial charge in [-0.15, -0.1) is 0 Å². The van der Waals surface area contributed by atoms with Crippen LogP contribution in [0, 0.1) is 6.92 Å². The average molecular weight is 327 g/mol. The van der Waals surface area contributed by atoms with Crippen molar-refractivity contribution in [2.24, 2.45) is 0 Å². The molecule has 7 heteroatoms. The van der Waals surface area contributed by atoms with Gasteiger partial charge in [-0.1, -0.05) is 0 Å². The van der Waals surface area contributed by atoms with Gasteiger partial charge in [0.25, 0.3) is 0 Å². The standard InChI is InChI=1S/C17H21N5O2/c1-11(2)22-16-14(9-19-22)8-15(13(4)20-16)17(23)24-12(3)10-21-7-5-6-18-21/h5-9,11-12H,10H2,1-4H3/t12-/m0/s1. The summed E-state index contributed by atoms with van der Waals surface area (Å²) in [4.78, 5) is 17.0. The molecule has 0 amide bonds. The summed E-state index contributed by atoms with van der Waals surface area (Å²) in [5.41, 5.74) is 1.89. The molecule has 0 aliphatic heterocycles. The topological polar surface area (TPSA) is 74.8 Å². The third-order valence-electron chi connectivity index (χ3n) is 3.78. The molecular weight excluding hydrogens is 306 g/mol. The number of rotatable bonds is 5. The number of aryl methyl sites for hydroxylation is 1. The fraction of sp³-hybridized carbons (Fsp3) is 0.412. The highest BCUT2D eigenvalue weighted by molar-refractivity contribution is 5.94. The third kappa shape index (κ3) is 3.15. The number of hydrogen-bond donors (Lipinski definition) is 0. The zero-order valence-electron chi connectivity index (χ0n) is 14.3. The predicted octanol–water partition coefficient (Wildman–Crippen LogP) is 2.76. The summed E-state index contributed by atoms with van der Waals surface area (Å²) < 4.78 is 9.11. The number of esters is 1. The van der Waals surface area contributed by atoms with Crippen molar-refractivity contribution in [3.05, 3.63) is 42.0 Å². The van der Waals surface area contributed by atoms with E-state index >= 15 is 0 Å². The fourth-order valence-electron chi connectivity index (χ4n) is 2.61. The summed E-state index contributed by atoms with van der Waals surface area (Å²) >= 11 is 0. The second-order valence-electron chi connectivity index (χ2n) is 6.16. The van der Waals surface area contributed by atoms with E-state index in [9.17, 15) is 4.79 Å². The maximum atomic E-state index is 12.5. The van der Waals surface area contributed by atoms with Crippen molar-refractivity contribution >= 4 is 17.0 Å². The van der Waals surface area contributed by atoms with Crippen LogP contribution in [0.25, 0.3) is 11.0 Å². The van der Waals surface area contributed by atoms with Crippen molar-refractivity contribution in [2.75, 3.05) is 0 Å². The minimum Gasteiger partial charge on any atom is -0.457 e. The van der Waals surface area contributed by atoms with Gasteiger partial charge in [0, 0.05) is 23.8 Å².